The third kappa shape index (κ3) is 5.32. The molecule has 1 aliphatic heterocycles. The van der Waals surface area contributed by atoms with Crippen LogP contribution in [0.25, 0.3) is 0 Å². The number of amides is 1. The summed E-state index contributed by atoms with van der Waals surface area (Å²) in [5, 5.41) is 11.6. The number of rotatable bonds is 7. The molecular weight excluding hydrogens is 422 g/mol. The van der Waals surface area contributed by atoms with Gasteiger partial charge in [0.15, 0.2) is 6.61 Å². The Balaban J connectivity index is 1.73. The normalized spacial score (nSPS) is 14.5. The molecule has 0 aromatic heterocycles. The average Bonchev–Trinajstić information content (AvgIpc) is 2.78. The van der Waals surface area contributed by atoms with Gasteiger partial charge in [0.2, 0.25) is 10.0 Å². The van der Waals surface area contributed by atoms with Gasteiger partial charge in [0, 0.05) is 13.1 Å². The predicted molar refractivity (Wildman–Crippen MR) is 113 cm³/mol. The van der Waals surface area contributed by atoms with Gasteiger partial charge in [-0.1, -0.05) is 0 Å². The van der Waals surface area contributed by atoms with Crippen molar-refractivity contribution in [3.05, 3.63) is 47.5 Å². The Morgan fingerprint density at radius 3 is 2.55 bits per heavy atom. The summed E-state index contributed by atoms with van der Waals surface area (Å²) in [7, 11) is -2.30. The van der Waals surface area contributed by atoms with Crippen LogP contribution in [0.1, 0.15) is 11.1 Å². The van der Waals surface area contributed by atoms with Crippen LogP contribution in [0.2, 0.25) is 0 Å². The minimum absolute atomic E-state index is 0.0503. The van der Waals surface area contributed by atoms with Crippen LogP contribution in [0.15, 0.2) is 41.3 Å². The molecule has 10 heteroatoms. The van der Waals surface area contributed by atoms with Crippen LogP contribution < -0.4 is 14.8 Å². The molecule has 2 aromatic carbocycles. The van der Waals surface area contributed by atoms with Gasteiger partial charge in [-0.3, -0.25) is 4.79 Å². The molecule has 0 bridgehead atoms. The van der Waals surface area contributed by atoms with Gasteiger partial charge < -0.3 is 19.5 Å². The number of methoxy groups -OCH3 is 1. The molecule has 1 fully saturated rings. The Hall–Kier alpha value is -3.13. The fourth-order valence-electron chi connectivity index (χ4n) is 3.09. The lowest BCUT2D eigenvalue weighted by molar-refractivity contribution is -0.118. The van der Waals surface area contributed by atoms with Crippen molar-refractivity contribution in [2.75, 3.05) is 45.3 Å². The molecule has 1 amide bonds. The van der Waals surface area contributed by atoms with Crippen molar-refractivity contribution in [2.45, 2.75) is 11.8 Å². The number of benzene rings is 2. The zero-order valence-electron chi connectivity index (χ0n) is 17.3. The number of aryl methyl sites for hydroxylation is 1. The first-order chi connectivity index (χ1) is 14.8. The monoisotopic (exact) mass is 445 g/mol. The molecule has 9 nitrogen and oxygen atoms in total. The maximum Gasteiger partial charge on any atom is 0.262 e. The second-order valence-electron chi connectivity index (χ2n) is 6.81. The van der Waals surface area contributed by atoms with Gasteiger partial charge in [-0.05, 0) is 48.9 Å². The molecule has 0 atom stereocenters. The van der Waals surface area contributed by atoms with Crippen LogP contribution in [0.3, 0.4) is 0 Å². The lowest BCUT2D eigenvalue weighted by Crippen LogP contribution is -2.40. The van der Waals surface area contributed by atoms with Crippen LogP contribution in [0, 0.1) is 18.3 Å². The topological polar surface area (TPSA) is 118 Å². The quantitative estimate of drug-likeness (QED) is 0.692. The predicted octanol–water partition coefficient (Wildman–Crippen LogP) is 1.91. The second-order valence-corrected chi connectivity index (χ2v) is 8.75. The molecule has 3 rings (SSSR count). The number of nitrogens with one attached hydrogen (secondary N) is 1. The second kappa shape index (κ2) is 9.78. The van der Waals surface area contributed by atoms with Gasteiger partial charge in [0.25, 0.3) is 5.91 Å². The molecule has 1 N–H and O–H groups in total. The third-order valence-electron chi connectivity index (χ3n) is 4.72. The summed E-state index contributed by atoms with van der Waals surface area (Å²) < 4.78 is 43.1. The number of carbonyl (C=O) groups is 1. The van der Waals surface area contributed by atoms with Crippen molar-refractivity contribution in [2.24, 2.45) is 0 Å². The largest absolute Gasteiger partial charge is 0.495 e. The Morgan fingerprint density at radius 2 is 1.90 bits per heavy atom. The SMILES string of the molecule is COc1ccc(S(=O)(=O)N2CCOCC2)cc1NC(=O)COc1ccc(C#N)cc1C. The van der Waals surface area contributed by atoms with Crippen LogP contribution in [-0.4, -0.2) is 58.7 Å². The molecule has 2 aromatic rings. The smallest absolute Gasteiger partial charge is 0.262 e. The van der Waals surface area contributed by atoms with Crippen LogP contribution in [-0.2, 0) is 19.6 Å². The van der Waals surface area contributed by atoms with E-state index in [1.807, 2.05) is 6.07 Å². The molecule has 0 radical (unpaired) electrons. The van der Waals surface area contributed by atoms with Gasteiger partial charge in [-0.15, -0.1) is 0 Å². The number of nitriles is 1. The Labute approximate surface area is 181 Å². The number of ether oxygens (including phenoxy) is 3. The van der Waals surface area contributed by atoms with E-state index in [9.17, 15) is 13.2 Å². The summed E-state index contributed by atoms with van der Waals surface area (Å²) in [6.45, 7) is 2.70. The number of hydrogen-bond donors (Lipinski definition) is 1. The summed E-state index contributed by atoms with van der Waals surface area (Å²) in [6, 6.07) is 11.2. The van der Waals surface area contributed by atoms with Gasteiger partial charge in [0.05, 0.1) is 42.5 Å². The fraction of sp³-hybridized carbons (Fsp3) is 0.333. The number of anilines is 1. The average molecular weight is 445 g/mol. The first kappa shape index (κ1) is 22.6. The van der Waals surface area contributed by atoms with Gasteiger partial charge >= 0.3 is 0 Å². The number of morpholine rings is 1. The molecule has 0 aliphatic carbocycles. The number of hydrogen-bond acceptors (Lipinski definition) is 7. The highest BCUT2D eigenvalue weighted by Crippen LogP contribution is 2.29. The highest BCUT2D eigenvalue weighted by molar-refractivity contribution is 7.89. The number of nitrogens with zero attached hydrogens (tertiary/aromatic N) is 2. The molecule has 164 valence electrons. The van der Waals surface area contributed by atoms with E-state index in [4.69, 9.17) is 19.5 Å². The van der Waals surface area contributed by atoms with Gasteiger partial charge in [-0.2, -0.15) is 9.57 Å². The minimum atomic E-state index is -3.72. The van der Waals surface area contributed by atoms with Crippen molar-refractivity contribution in [3.63, 3.8) is 0 Å². The summed E-state index contributed by atoms with van der Waals surface area (Å²) in [5.41, 5.74) is 1.45. The maximum atomic E-state index is 12.9. The van der Waals surface area contributed by atoms with Crippen LogP contribution >= 0.6 is 0 Å². The molecule has 31 heavy (non-hydrogen) atoms. The Kier molecular flexibility index (Phi) is 7.12. The molecule has 1 saturated heterocycles. The fourth-order valence-corrected chi connectivity index (χ4v) is 4.53. The van der Waals surface area contributed by atoms with Crippen molar-refractivity contribution >= 4 is 21.6 Å². The van der Waals surface area contributed by atoms with Crippen LogP contribution in [0.4, 0.5) is 5.69 Å². The lowest BCUT2D eigenvalue weighted by Gasteiger charge is -2.26. The first-order valence-corrected chi connectivity index (χ1v) is 11.0. The highest BCUT2D eigenvalue weighted by atomic mass is 32.2. The van der Waals surface area contributed by atoms with Crippen molar-refractivity contribution in [3.8, 4) is 17.6 Å². The Bertz CT molecular complexity index is 1100. The van der Waals surface area contributed by atoms with Crippen molar-refractivity contribution in [1.29, 1.82) is 5.26 Å². The summed E-state index contributed by atoms with van der Waals surface area (Å²) in [6.07, 6.45) is 0. The minimum Gasteiger partial charge on any atom is -0.495 e. The standard InChI is InChI=1S/C21H23N3O6S/c1-15-11-16(13-22)3-5-19(15)30-14-21(25)23-18-12-17(4-6-20(18)28-2)31(26,27)24-7-9-29-10-8-24/h3-6,11-12H,7-10,14H2,1-2H3,(H,23,25). The molecule has 1 heterocycles. The molecule has 1 aliphatic rings. The zero-order chi connectivity index (χ0) is 22.4. The lowest BCUT2D eigenvalue weighted by atomic mass is 10.1. The van der Waals surface area contributed by atoms with E-state index < -0.39 is 15.9 Å². The van der Waals surface area contributed by atoms with E-state index >= 15 is 0 Å². The summed E-state index contributed by atoms with van der Waals surface area (Å²) in [4.78, 5) is 12.5. The highest BCUT2D eigenvalue weighted by Gasteiger charge is 2.27. The van der Waals surface area contributed by atoms with Gasteiger partial charge in [-0.25, -0.2) is 8.42 Å². The van der Waals surface area contributed by atoms with E-state index in [1.165, 1.54) is 29.6 Å². The van der Waals surface area contributed by atoms with Crippen molar-refractivity contribution in [1.82, 2.24) is 4.31 Å². The molecule has 0 saturated carbocycles. The molecular formula is C21H23N3O6S. The zero-order valence-corrected chi connectivity index (χ0v) is 18.1. The molecule has 0 unspecified atom stereocenters. The van der Waals surface area contributed by atoms with Crippen molar-refractivity contribution < 1.29 is 27.4 Å². The number of carbonyl (C=O) groups excluding carboxylic acids is 1. The summed E-state index contributed by atoms with van der Waals surface area (Å²) in [5.74, 6) is 0.316. The van der Waals surface area contributed by atoms with E-state index in [2.05, 4.69) is 5.32 Å². The Morgan fingerprint density at radius 1 is 1.19 bits per heavy atom. The van der Waals surface area contributed by atoms with Gasteiger partial charge in [0.1, 0.15) is 11.5 Å². The molecule has 0 spiro atoms. The van der Waals surface area contributed by atoms with E-state index in [-0.39, 0.29) is 30.3 Å². The first-order valence-electron chi connectivity index (χ1n) is 9.54. The van der Waals surface area contributed by atoms with E-state index in [0.717, 1.165) is 5.56 Å². The van der Waals surface area contributed by atoms with Crippen LogP contribution in [0.5, 0.6) is 11.5 Å². The van der Waals surface area contributed by atoms with E-state index in [0.29, 0.717) is 30.3 Å². The maximum absolute atomic E-state index is 12.9. The van der Waals surface area contributed by atoms with E-state index in [1.54, 1.807) is 25.1 Å². The summed E-state index contributed by atoms with van der Waals surface area (Å²) >= 11 is 0. The number of sulfonamides is 1. The third-order valence-corrected chi connectivity index (χ3v) is 6.61.